The Morgan fingerprint density at radius 1 is 1.25 bits per heavy atom. The van der Waals surface area contributed by atoms with Crippen LogP contribution < -0.4 is 0 Å². The van der Waals surface area contributed by atoms with E-state index in [0.717, 1.165) is 29.3 Å². The van der Waals surface area contributed by atoms with Crippen molar-refractivity contribution >= 4 is 15.9 Å². The van der Waals surface area contributed by atoms with E-state index in [2.05, 4.69) is 26.1 Å². The summed E-state index contributed by atoms with van der Waals surface area (Å²) < 4.78 is 6.28. The SMILES string of the molecule is OC1CCCCC1Cc1nc(-c2ccccc2Br)no1. The molecule has 1 aromatic heterocycles. The Kier molecular flexibility index (Phi) is 4.17. The first kappa shape index (κ1) is 13.8. The number of aliphatic hydroxyl groups is 1. The molecule has 0 spiro atoms. The highest BCUT2D eigenvalue weighted by Crippen LogP contribution is 2.29. The fourth-order valence-corrected chi connectivity index (χ4v) is 3.20. The number of aliphatic hydroxyl groups excluding tert-OH is 1. The molecular formula is C15H17BrN2O2. The third-order valence-electron chi connectivity index (χ3n) is 3.89. The first-order valence-electron chi connectivity index (χ1n) is 6.99. The van der Waals surface area contributed by atoms with Crippen LogP contribution in [0.4, 0.5) is 0 Å². The highest BCUT2D eigenvalue weighted by Gasteiger charge is 2.25. The Morgan fingerprint density at radius 2 is 2.05 bits per heavy atom. The van der Waals surface area contributed by atoms with Crippen molar-refractivity contribution in [2.45, 2.75) is 38.2 Å². The molecule has 0 amide bonds. The predicted molar refractivity (Wildman–Crippen MR) is 79.1 cm³/mol. The third-order valence-corrected chi connectivity index (χ3v) is 4.58. The largest absolute Gasteiger partial charge is 0.393 e. The molecule has 1 aliphatic carbocycles. The summed E-state index contributed by atoms with van der Waals surface area (Å²) in [6.45, 7) is 0. The molecule has 2 atom stereocenters. The van der Waals surface area contributed by atoms with Crippen molar-refractivity contribution < 1.29 is 9.63 Å². The van der Waals surface area contributed by atoms with Crippen LogP contribution in [-0.2, 0) is 6.42 Å². The Balaban J connectivity index is 1.75. The second-order valence-electron chi connectivity index (χ2n) is 5.31. The van der Waals surface area contributed by atoms with E-state index in [-0.39, 0.29) is 12.0 Å². The molecule has 0 aliphatic heterocycles. The molecule has 106 valence electrons. The van der Waals surface area contributed by atoms with Crippen LogP contribution in [0.25, 0.3) is 11.4 Å². The highest BCUT2D eigenvalue weighted by molar-refractivity contribution is 9.10. The minimum absolute atomic E-state index is 0.234. The Morgan fingerprint density at radius 3 is 2.85 bits per heavy atom. The number of aromatic nitrogens is 2. The van der Waals surface area contributed by atoms with Crippen molar-refractivity contribution in [1.82, 2.24) is 10.1 Å². The van der Waals surface area contributed by atoms with Crippen LogP contribution in [0.2, 0.25) is 0 Å². The second kappa shape index (κ2) is 6.06. The summed E-state index contributed by atoms with van der Waals surface area (Å²) in [6.07, 6.45) is 4.64. The van der Waals surface area contributed by atoms with Gasteiger partial charge < -0.3 is 9.63 Å². The molecule has 2 aromatic rings. The van der Waals surface area contributed by atoms with Crippen molar-refractivity contribution in [3.8, 4) is 11.4 Å². The first-order valence-corrected chi connectivity index (χ1v) is 7.79. The van der Waals surface area contributed by atoms with Gasteiger partial charge in [0.25, 0.3) is 0 Å². The third kappa shape index (κ3) is 2.94. The first-order chi connectivity index (χ1) is 9.74. The molecule has 1 aromatic carbocycles. The lowest BCUT2D eigenvalue weighted by molar-refractivity contribution is 0.0657. The average molecular weight is 337 g/mol. The Labute approximate surface area is 126 Å². The van der Waals surface area contributed by atoms with Crippen LogP contribution >= 0.6 is 15.9 Å². The number of rotatable bonds is 3. The quantitative estimate of drug-likeness (QED) is 0.930. The summed E-state index contributed by atoms with van der Waals surface area (Å²) in [5, 5.41) is 14.0. The summed E-state index contributed by atoms with van der Waals surface area (Å²) in [6, 6.07) is 7.80. The molecule has 1 aliphatic rings. The maximum absolute atomic E-state index is 10.0. The lowest BCUT2D eigenvalue weighted by atomic mass is 9.84. The highest BCUT2D eigenvalue weighted by atomic mass is 79.9. The number of hydrogen-bond donors (Lipinski definition) is 1. The smallest absolute Gasteiger partial charge is 0.227 e. The molecule has 1 N–H and O–H groups in total. The monoisotopic (exact) mass is 336 g/mol. The van der Waals surface area contributed by atoms with E-state index in [4.69, 9.17) is 4.52 Å². The lowest BCUT2D eigenvalue weighted by Gasteiger charge is -2.26. The molecule has 1 heterocycles. The molecule has 0 bridgehead atoms. The molecule has 20 heavy (non-hydrogen) atoms. The molecule has 2 unspecified atom stereocenters. The minimum Gasteiger partial charge on any atom is -0.393 e. The summed E-state index contributed by atoms with van der Waals surface area (Å²) in [5.74, 6) is 1.45. The van der Waals surface area contributed by atoms with E-state index < -0.39 is 0 Å². The van der Waals surface area contributed by atoms with Gasteiger partial charge in [-0.1, -0.05) is 46.1 Å². The van der Waals surface area contributed by atoms with Gasteiger partial charge in [-0.15, -0.1) is 0 Å². The van der Waals surface area contributed by atoms with Crippen molar-refractivity contribution in [2.75, 3.05) is 0 Å². The van der Waals surface area contributed by atoms with E-state index in [1.165, 1.54) is 6.42 Å². The van der Waals surface area contributed by atoms with E-state index in [1.54, 1.807) is 0 Å². The van der Waals surface area contributed by atoms with Gasteiger partial charge in [0.15, 0.2) is 0 Å². The number of nitrogens with zero attached hydrogens (tertiary/aromatic N) is 2. The maximum Gasteiger partial charge on any atom is 0.227 e. The fourth-order valence-electron chi connectivity index (χ4n) is 2.74. The predicted octanol–water partition coefficient (Wildman–Crippen LogP) is 3.59. The van der Waals surface area contributed by atoms with Crippen LogP contribution in [0.3, 0.4) is 0 Å². The van der Waals surface area contributed by atoms with Gasteiger partial charge in [-0.05, 0) is 30.9 Å². The van der Waals surface area contributed by atoms with Gasteiger partial charge in [0.1, 0.15) is 0 Å². The van der Waals surface area contributed by atoms with E-state index in [0.29, 0.717) is 18.1 Å². The number of hydrogen-bond acceptors (Lipinski definition) is 4. The standard InChI is InChI=1S/C15H17BrN2O2/c16-12-7-3-2-6-11(12)15-17-14(20-18-15)9-10-5-1-4-8-13(10)19/h2-3,6-7,10,13,19H,1,4-5,8-9H2. The van der Waals surface area contributed by atoms with Crippen LogP contribution in [0, 0.1) is 5.92 Å². The van der Waals surface area contributed by atoms with Crippen LogP contribution in [0.5, 0.6) is 0 Å². The normalized spacial score (nSPS) is 22.9. The lowest BCUT2D eigenvalue weighted by Crippen LogP contribution is -2.26. The minimum atomic E-state index is -0.234. The van der Waals surface area contributed by atoms with Crippen molar-refractivity contribution in [3.63, 3.8) is 0 Å². The summed E-state index contributed by atoms with van der Waals surface area (Å²) in [4.78, 5) is 4.45. The molecule has 4 nitrogen and oxygen atoms in total. The van der Waals surface area contributed by atoms with Gasteiger partial charge in [-0.2, -0.15) is 4.98 Å². The van der Waals surface area contributed by atoms with Gasteiger partial charge in [0, 0.05) is 16.5 Å². The van der Waals surface area contributed by atoms with Gasteiger partial charge in [-0.25, -0.2) is 0 Å². The summed E-state index contributed by atoms with van der Waals surface area (Å²) >= 11 is 3.49. The van der Waals surface area contributed by atoms with E-state index in [1.807, 2.05) is 24.3 Å². The molecule has 0 saturated heterocycles. The van der Waals surface area contributed by atoms with Gasteiger partial charge in [-0.3, -0.25) is 0 Å². The Bertz CT molecular complexity index is 585. The van der Waals surface area contributed by atoms with E-state index in [9.17, 15) is 5.11 Å². The van der Waals surface area contributed by atoms with Crippen molar-refractivity contribution in [3.05, 3.63) is 34.6 Å². The fraction of sp³-hybridized carbons (Fsp3) is 0.467. The molecule has 1 fully saturated rings. The van der Waals surface area contributed by atoms with Crippen LogP contribution in [-0.4, -0.2) is 21.4 Å². The zero-order valence-electron chi connectivity index (χ0n) is 11.1. The van der Waals surface area contributed by atoms with E-state index >= 15 is 0 Å². The average Bonchev–Trinajstić information content (AvgIpc) is 2.90. The zero-order valence-corrected chi connectivity index (χ0v) is 12.7. The topological polar surface area (TPSA) is 59.2 Å². The maximum atomic E-state index is 10.0. The molecule has 5 heteroatoms. The number of benzene rings is 1. The summed E-state index contributed by atoms with van der Waals surface area (Å²) in [7, 11) is 0. The van der Waals surface area contributed by atoms with Gasteiger partial charge in [0.05, 0.1) is 6.10 Å². The molecular weight excluding hydrogens is 320 g/mol. The van der Waals surface area contributed by atoms with Crippen LogP contribution in [0.1, 0.15) is 31.6 Å². The van der Waals surface area contributed by atoms with Crippen molar-refractivity contribution in [2.24, 2.45) is 5.92 Å². The Hall–Kier alpha value is -1.20. The molecule has 3 rings (SSSR count). The molecule has 0 radical (unpaired) electrons. The zero-order chi connectivity index (χ0) is 13.9. The van der Waals surface area contributed by atoms with Crippen molar-refractivity contribution in [1.29, 1.82) is 0 Å². The van der Waals surface area contributed by atoms with Gasteiger partial charge >= 0.3 is 0 Å². The van der Waals surface area contributed by atoms with Crippen LogP contribution in [0.15, 0.2) is 33.3 Å². The number of halogens is 1. The van der Waals surface area contributed by atoms with Gasteiger partial charge in [0.2, 0.25) is 11.7 Å². The second-order valence-corrected chi connectivity index (χ2v) is 6.16. The summed E-state index contributed by atoms with van der Waals surface area (Å²) in [5.41, 5.74) is 0.923. The molecule has 1 saturated carbocycles.